The van der Waals surface area contributed by atoms with Crippen molar-refractivity contribution in [3.8, 4) is 17.2 Å². The second-order valence-electron chi connectivity index (χ2n) is 8.90. The molecule has 4 nitrogen and oxygen atoms in total. The molecule has 7 heteroatoms. The molecule has 176 valence electrons. The third-order valence-electron chi connectivity index (χ3n) is 5.27. The molecule has 0 spiro atoms. The van der Waals surface area contributed by atoms with Gasteiger partial charge in [0.05, 0.1) is 5.39 Å². The first-order valence-electron chi connectivity index (χ1n) is 10.7. The number of rotatable bonds is 5. The summed E-state index contributed by atoms with van der Waals surface area (Å²) in [5.74, 6) is -2.02. The Morgan fingerprint density at radius 2 is 1.50 bits per heavy atom. The zero-order valence-corrected chi connectivity index (χ0v) is 18.9. The third-order valence-corrected chi connectivity index (χ3v) is 5.27. The number of halogens is 3. The topological polar surface area (TPSA) is 48.7 Å². The minimum atomic E-state index is -4.94. The Morgan fingerprint density at radius 1 is 0.853 bits per heavy atom. The van der Waals surface area contributed by atoms with Crippen molar-refractivity contribution in [1.29, 1.82) is 0 Å². The van der Waals surface area contributed by atoms with E-state index in [9.17, 15) is 18.0 Å². The van der Waals surface area contributed by atoms with E-state index in [-0.39, 0.29) is 34.5 Å². The average Bonchev–Trinajstić information content (AvgIpc) is 2.79. The molecule has 0 aliphatic rings. The van der Waals surface area contributed by atoms with Crippen molar-refractivity contribution in [3.63, 3.8) is 0 Å². The number of ether oxygens (including phenoxy) is 2. The van der Waals surface area contributed by atoms with Crippen LogP contribution in [0.5, 0.6) is 17.2 Å². The maximum atomic E-state index is 13.8. The standard InChI is InChI=1S/C27H23F3O4/c1-26(2,3)18-9-11-19(12-10-18)33-24-23(31)21-14-13-20(32-16-17-7-5-4-6-8-17)15-22(21)34-25(24)27(28,29)30/h4-15H,16H2,1-3H3. The smallest absolute Gasteiger partial charge is 0.453 e. The maximum Gasteiger partial charge on any atom is 0.453 e. The van der Waals surface area contributed by atoms with Crippen molar-refractivity contribution >= 4 is 11.0 Å². The van der Waals surface area contributed by atoms with E-state index >= 15 is 0 Å². The van der Waals surface area contributed by atoms with Gasteiger partial charge in [0.25, 0.3) is 5.76 Å². The Labute approximate surface area is 194 Å². The predicted molar refractivity (Wildman–Crippen MR) is 123 cm³/mol. The SMILES string of the molecule is CC(C)(C)c1ccc(Oc2c(C(F)(F)F)oc3cc(OCc4ccccc4)ccc3c2=O)cc1. The van der Waals surface area contributed by atoms with Gasteiger partial charge in [-0.1, -0.05) is 63.2 Å². The first kappa shape index (κ1) is 23.4. The van der Waals surface area contributed by atoms with Crippen LogP contribution in [-0.2, 0) is 18.2 Å². The second kappa shape index (κ2) is 8.89. The summed E-state index contributed by atoms with van der Waals surface area (Å²) in [6, 6.07) is 20.0. The monoisotopic (exact) mass is 468 g/mol. The molecule has 1 heterocycles. The summed E-state index contributed by atoms with van der Waals surface area (Å²) in [5.41, 5.74) is 0.574. The summed E-state index contributed by atoms with van der Waals surface area (Å²) < 4.78 is 57.6. The van der Waals surface area contributed by atoms with Crippen LogP contribution in [0, 0.1) is 0 Å². The molecule has 0 amide bonds. The van der Waals surface area contributed by atoms with E-state index in [0.717, 1.165) is 11.1 Å². The summed E-state index contributed by atoms with van der Waals surface area (Å²) in [4.78, 5) is 13.0. The van der Waals surface area contributed by atoms with Crippen LogP contribution >= 0.6 is 0 Å². The molecule has 0 radical (unpaired) electrons. The van der Waals surface area contributed by atoms with E-state index in [4.69, 9.17) is 13.9 Å². The van der Waals surface area contributed by atoms with Crippen LogP contribution < -0.4 is 14.9 Å². The lowest BCUT2D eigenvalue weighted by Gasteiger charge is -2.19. The molecule has 0 N–H and O–H groups in total. The Balaban J connectivity index is 1.70. The highest BCUT2D eigenvalue weighted by molar-refractivity contribution is 5.79. The van der Waals surface area contributed by atoms with Crippen molar-refractivity contribution in [2.75, 3.05) is 0 Å². The molecule has 3 aromatic carbocycles. The number of alkyl halides is 3. The Kier molecular flexibility index (Phi) is 6.13. The van der Waals surface area contributed by atoms with Crippen molar-refractivity contribution < 1.29 is 27.1 Å². The van der Waals surface area contributed by atoms with Crippen LogP contribution in [0.3, 0.4) is 0 Å². The molecule has 0 atom stereocenters. The van der Waals surface area contributed by atoms with Crippen molar-refractivity contribution in [2.45, 2.75) is 39.0 Å². The molecule has 34 heavy (non-hydrogen) atoms. The lowest BCUT2D eigenvalue weighted by Crippen LogP contribution is -2.15. The second-order valence-corrected chi connectivity index (χ2v) is 8.90. The lowest BCUT2D eigenvalue weighted by atomic mass is 9.87. The first-order valence-corrected chi connectivity index (χ1v) is 10.7. The molecular formula is C27H23F3O4. The zero-order valence-electron chi connectivity index (χ0n) is 18.9. The van der Waals surface area contributed by atoms with Crippen molar-refractivity contribution in [1.82, 2.24) is 0 Å². The van der Waals surface area contributed by atoms with Crippen LogP contribution in [0.25, 0.3) is 11.0 Å². The molecule has 4 aromatic rings. The normalized spacial score (nSPS) is 12.1. The van der Waals surface area contributed by atoms with Gasteiger partial charge >= 0.3 is 6.18 Å². The largest absolute Gasteiger partial charge is 0.489 e. The third kappa shape index (κ3) is 5.09. The van der Waals surface area contributed by atoms with Gasteiger partial charge in [0.2, 0.25) is 11.2 Å². The van der Waals surface area contributed by atoms with Gasteiger partial charge in [0, 0.05) is 6.07 Å². The fourth-order valence-corrected chi connectivity index (χ4v) is 3.41. The van der Waals surface area contributed by atoms with Gasteiger partial charge in [0.15, 0.2) is 0 Å². The summed E-state index contributed by atoms with van der Waals surface area (Å²) in [6.07, 6.45) is -4.94. The summed E-state index contributed by atoms with van der Waals surface area (Å²) in [5, 5.41) is -0.0404. The Bertz CT molecular complexity index is 1350. The minimum absolute atomic E-state index is 0.0404. The average molecular weight is 468 g/mol. The molecule has 0 unspecified atom stereocenters. The van der Waals surface area contributed by atoms with E-state index in [0.29, 0.717) is 0 Å². The number of hydrogen-bond donors (Lipinski definition) is 0. The van der Waals surface area contributed by atoms with Gasteiger partial charge in [-0.05, 0) is 40.8 Å². The van der Waals surface area contributed by atoms with Gasteiger partial charge in [0.1, 0.15) is 23.7 Å². The highest BCUT2D eigenvalue weighted by atomic mass is 19.4. The van der Waals surface area contributed by atoms with Crippen LogP contribution in [0.2, 0.25) is 0 Å². The predicted octanol–water partition coefficient (Wildman–Crippen LogP) is 7.48. The molecule has 1 aromatic heterocycles. The number of hydrogen-bond acceptors (Lipinski definition) is 4. The minimum Gasteiger partial charge on any atom is -0.489 e. The lowest BCUT2D eigenvalue weighted by molar-refractivity contribution is -0.154. The van der Waals surface area contributed by atoms with E-state index < -0.39 is 23.1 Å². The summed E-state index contributed by atoms with van der Waals surface area (Å²) in [6.45, 7) is 6.26. The fourth-order valence-electron chi connectivity index (χ4n) is 3.41. The van der Waals surface area contributed by atoms with Gasteiger partial charge in [-0.25, -0.2) is 0 Å². The molecule has 0 bridgehead atoms. The van der Waals surface area contributed by atoms with E-state index in [1.807, 2.05) is 51.1 Å². The molecule has 4 rings (SSSR count). The highest BCUT2D eigenvalue weighted by Gasteiger charge is 2.40. The van der Waals surface area contributed by atoms with Gasteiger partial charge in [-0.3, -0.25) is 4.79 Å². The van der Waals surface area contributed by atoms with Crippen LogP contribution in [0.1, 0.15) is 37.7 Å². The van der Waals surface area contributed by atoms with Gasteiger partial charge < -0.3 is 13.9 Å². The van der Waals surface area contributed by atoms with Crippen LogP contribution in [0.4, 0.5) is 13.2 Å². The van der Waals surface area contributed by atoms with E-state index in [1.165, 1.54) is 30.3 Å². The summed E-state index contributed by atoms with van der Waals surface area (Å²) in [7, 11) is 0. The molecule has 0 aliphatic carbocycles. The number of benzene rings is 3. The van der Waals surface area contributed by atoms with Gasteiger partial charge in [-0.2, -0.15) is 13.2 Å². The fraction of sp³-hybridized carbons (Fsp3) is 0.222. The molecular weight excluding hydrogens is 445 g/mol. The van der Waals surface area contributed by atoms with Crippen molar-refractivity contribution in [2.24, 2.45) is 0 Å². The number of fused-ring (bicyclic) bond motifs is 1. The van der Waals surface area contributed by atoms with E-state index in [2.05, 4.69) is 0 Å². The quantitative estimate of drug-likeness (QED) is 0.305. The molecule has 0 saturated heterocycles. The molecule has 0 saturated carbocycles. The maximum absolute atomic E-state index is 13.8. The zero-order chi connectivity index (χ0) is 24.5. The molecule has 0 aliphatic heterocycles. The van der Waals surface area contributed by atoms with Crippen LogP contribution in [0.15, 0.2) is 82.0 Å². The summed E-state index contributed by atoms with van der Waals surface area (Å²) >= 11 is 0. The first-order chi connectivity index (χ1) is 16.0. The van der Waals surface area contributed by atoms with Gasteiger partial charge in [-0.15, -0.1) is 0 Å². The van der Waals surface area contributed by atoms with E-state index in [1.54, 1.807) is 12.1 Å². The molecule has 0 fully saturated rings. The Hall–Kier alpha value is -3.74. The highest BCUT2D eigenvalue weighted by Crippen LogP contribution is 2.39. The van der Waals surface area contributed by atoms with Crippen LogP contribution in [-0.4, -0.2) is 0 Å². The Morgan fingerprint density at radius 3 is 2.12 bits per heavy atom. The van der Waals surface area contributed by atoms with Crippen molar-refractivity contribution in [3.05, 3.63) is 99.9 Å².